The fourth-order valence-electron chi connectivity index (χ4n) is 2.21. The molecule has 1 unspecified atom stereocenters. The predicted molar refractivity (Wildman–Crippen MR) is 66.8 cm³/mol. The molecule has 1 amide bonds. The summed E-state index contributed by atoms with van der Waals surface area (Å²) >= 11 is 0. The molecule has 0 bridgehead atoms. The topological polar surface area (TPSA) is 58.6 Å². The number of amides is 1. The van der Waals surface area contributed by atoms with Crippen LogP contribution in [0.5, 0.6) is 0 Å². The van der Waals surface area contributed by atoms with Gasteiger partial charge in [-0.25, -0.2) is 4.79 Å². The number of hydrogen-bond donors (Lipinski definition) is 2. The van der Waals surface area contributed by atoms with Crippen molar-refractivity contribution in [1.82, 2.24) is 5.32 Å². The van der Waals surface area contributed by atoms with E-state index < -0.39 is 11.7 Å². The number of aliphatic hydroxyl groups excluding tert-OH is 1. The largest absolute Gasteiger partial charge is 0.444 e. The molecule has 0 aromatic heterocycles. The number of carbonyl (C=O) groups is 1. The minimum absolute atomic E-state index is 0.285. The maximum absolute atomic E-state index is 11.3. The molecule has 2 N–H and O–H groups in total. The Balaban J connectivity index is 2.12. The first-order valence-corrected chi connectivity index (χ1v) is 6.53. The SMILES string of the molecule is CC(C)(C)OC(=O)NCCC(O)C1CCCC1. The van der Waals surface area contributed by atoms with Crippen LogP contribution < -0.4 is 5.32 Å². The molecule has 17 heavy (non-hydrogen) atoms. The summed E-state index contributed by atoms with van der Waals surface area (Å²) in [5.74, 6) is 0.426. The van der Waals surface area contributed by atoms with E-state index in [9.17, 15) is 9.90 Å². The molecule has 100 valence electrons. The van der Waals surface area contributed by atoms with Crippen molar-refractivity contribution < 1.29 is 14.6 Å². The van der Waals surface area contributed by atoms with Crippen molar-refractivity contribution >= 4 is 6.09 Å². The van der Waals surface area contributed by atoms with Crippen LogP contribution in [0.15, 0.2) is 0 Å². The standard InChI is InChI=1S/C13H25NO3/c1-13(2,3)17-12(16)14-9-8-11(15)10-6-4-5-7-10/h10-11,15H,4-9H2,1-3H3,(H,14,16). The molecular formula is C13H25NO3. The Kier molecular flexibility index (Phi) is 5.25. The first-order chi connectivity index (χ1) is 7.88. The van der Waals surface area contributed by atoms with Gasteiger partial charge in [-0.05, 0) is 46.0 Å². The molecule has 1 aliphatic rings. The minimum atomic E-state index is -0.464. The number of alkyl carbamates (subject to hydrolysis) is 1. The Labute approximate surface area is 104 Å². The Bertz CT molecular complexity index is 242. The zero-order valence-corrected chi connectivity index (χ0v) is 11.2. The van der Waals surface area contributed by atoms with Crippen LogP contribution in [0.2, 0.25) is 0 Å². The fourth-order valence-corrected chi connectivity index (χ4v) is 2.21. The first kappa shape index (κ1) is 14.3. The van der Waals surface area contributed by atoms with Gasteiger partial charge in [0.2, 0.25) is 0 Å². The van der Waals surface area contributed by atoms with Gasteiger partial charge in [-0.3, -0.25) is 0 Å². The summed E-state index contributed by atoms with van der Waals surface area (Å²) in [5.41, 5.74) is -0.464. The highest BCUT2D eigenvalue weighted by Gasteiger charge is 2.23. The van der Waals surface area contributed by atoms with E-state index in [1.165, 1.54) is 12.8 Å². The molecular weight excluding hydrogens is 218 g/mol. The smallest absolute Gasteiger partial charge is 0.407 e. The van der Waals surface area contributed by atoms with Crippen molar-refractivity contribution in [2.24, 2.45) is 5.92 Å². The van der Waals surface area contributed by atoms with E-state index in [1.807, 2.05) is 20.8 Å². The zero-order chi connectivity index (χ0) is 12.9. The molecule has 1 saturated carbocycles. The molecule has 0 aromatic rings. The van der Waals surface area contributed by atoms with E-state index in [2.05, 4.69) is 5.32 Å². The Morgan fingerprint density at radius 3 is 2.53 bits per heavy atom. The molecule has 0 aromatic carbocycles. The van der Waals surface area contributed by atoms with Crippen LogP contribution >= 0.6 is 0 Å². The highest BCUT2D eigenvalue weighted by Crippen LogP contribution is 2.28. The quantitative estimate of drug-likeness (QED) is 0.797. The van der Waals surface area contributed by atoms with Gasteiger partial charge in [0.05, 0.1) is 6.10 Å². The third-order valence-corrected chi connectivity index (χ3v) is 3.05. The van der Waals surface area contributed by atoms with Gasteiger partial charge in [0.25, 0.3) is 0 Å². The highest BCUT2D eigenvalue weighted by atomic mass is 16.6. The van der Waals surface area contributed by atoms with E-state index in [4.69, 9.17) is 4.74 Å². The summed E-state index contributed by atoms with van der Waals surface area (Å²) in [4.78, 5) is 11.3. The van der Waals surface area contributed by atoms with E-state index in [0.717, 1.165) is 12.8 Å². The van der Waals surface area contributed by atoms with Crippen molar-refractivity contribution in [3.05, 3.63) is 0 Å². The third-order valence-electron chi connectivity index (χ3n) is 3.05. The summed E-state index contributed by atoms with van der Waals surface area (Å²) in [5, 5.41) is 12.6. The highest BCUT2D eigenvalue weighted by molar-refractivity contribution is 5.67. The lowest BCUT2D eigenvalue weighted by Gasteiger charge is -2.21. The number of aliphatic hydroxyl groups is 1. The lowest BCUT2D eigenvalue weighted by molar-refractivity contribution is 0.0506. The lowest BCUT2D eigenvalue weighted by Crippen LogP contribution is -2.34. The Hall–Kier alpha value is -0.770. The molecule has 1 atom stereocenters. The van der Waals surface area contributed by atoms with Crippen LogP contribution in [-0.2, 0) is 4.74 Å². The first-order valence-electron chi connectivity index (χ1n) is 6.53. The van der Waals surface area contributed by atoms with Crippen molar-refractivity contribution in [2.45, 2.75) is 64.6 Å². The molecule has 4 nitrogen and oxygen atoms in total. The van der Waals surface area contributed by atoms with Gasteiger partial charge < -0.3 is 15.2 Å². The number of ether oxygens (including phenoxy) is 1. The summed E-state index contributed by atoms with van der Waals surface area (Å²) in [6.07, 6.45) is 4.61. The van der Waals surface area contributed by atoms with Crippen molar-refractivity contribution in [3.63, 3.8) is 0 Å². The monoisotopic (exact) mass is 243 g/mol. The van der Waals surface area contributed by atoms with Gasteiger partial charge in [-0.1, -0.05) is 12.8 Å². The Morgan fingerprint density at radius 1 is 1.41 bits per heavy atom. The molecule has 0 radical (unpaired) electrons. The summed E-state index contributed by atoms with van der Waals surface area (Å²) in [7, 11) is 0. The van der Waals surface area contributed by atoms with Crippen molar-refractivity contribution in [2.75, 3.05) is 6.54 Å². The second-order valence-corrected chi connectivity index (χ2v) is 5.83. The van der Waals surface area contributed by atoms with Crippen LogP contribution in [0.25, 0.3) is 0 Å². The second-order valence-electron chi connectivity index (χ2n) is 5.83. The van der Waals surface area contributed by atoms with E-state index >= 15 is 0 Å². The normalized spacial score (nSPS) is 19.1. The molecule has 0 saturated heterocycles. The van der Waals surface area contributed by atoms with E-state index in [-0.39, 0.29) is 6.10 Å². The summed E-state index contributed by atoms with van der Waals surface area (Å²) in [6, 6.07) is 0. The number of rotatable bonds is 4. The predicted octanol–water partition coefficient (Wildman–Crippen LogP) is 2.45. The van der Waals surface area contributed by atoms with Crippen LogP contribution in [0.1, 0.15) is 52.9 Å². The fraction of sp³-hybridized carbons (Fsp3) is 0.923. The van der Waals surface area contributed by atoms with E-state index in [0.29, 0.717) is 18.9 Å². The lowest BCUT2D eigenvalue weighted by atomic mass is 9.98. The number of carbonyl (C=O) groups excluding carboxylic acids is 1. The van der Waals surface area contributed by atoms with Gasteiger partial charge in [-0.15, -0.1) is 0 Å². The van der Waals surface area contributed by atoms with E-state index in [1.54, 1.807) is 0 Å². The zero-order valence-electron chi connectivity index (χ0n) is 11.2. The summed E-state index contributed by atoms with van der Waals surface area (Å²) in [6.45, 7) is 5.98. The van der Waals surface area contributed by atoms with Gasteiger partial charge in [-0.2, -0.15) is 0 Å². The van der Waals surface area contributed by atoms with Crippen molar-refractivity contribution in [3.8, 4) is 0 Å². The average molecular weight is 243 g/mol. The number of hydrogen-bond acceptors (Lipinski definition) is 3. The van der Waals surface area contributed by atoms with Crippen LogP contribution in [0.3, 0.4) is 0 Å². The molecule has 1 rings (SSSR count). The van der Waals surface area contributed by atoms with Crippen molar-refractivity contribution in [1.29, 1.82) is 0 Å². The van der Waals surface area contributed by atoms with Gasteiger partial charge in [0.15, 0.2) is 0 Å². The molecule has 4 heteroatoms. The number of nitrogens with one attached hydrogen (secondary N) is 1. The molecule has 1 fully saturated rings. The second kappa shape index (κ2) is 6.24. The van der Waals surface area contributed by atoms with Crippen LogP contribution in [0.4, 0.5) is 4.79 Å². The maximum Gasteiger partial charge on any atom is 0.407 e. The van der Waals surface area contributed by atoms with Crippen LogP contribution in [-0.4, -0.2) is 29.4 Å². The third kappa shape index (κ3) is 5.91. The van der Waals surface area contributed by atoms with Gasteiger partial charge >= 0.3 is 6.09 Å². The van der Waals surface area contributed by atoms with Gasteiger partial charge in [0.1, 0.15) is 5.60 Å². The van der Waals surface area contributed by atoms with Crippen LogP contribution in [0, 0.1) is 5.92 Å². The minimum Gasteiger partial charge on any atom is -0.444 e. The maximum atomic E-state index is 11.3. The molecule has 1 aliphatic carbocycles. The average Bonchev–Trinajstić information content (AvgIpc) is 2.66. The molecule has 0 heterocycles. The Morgan fingerprint density at radius 2 is 2.00 bits per heavy atom. The summed E-state index contributed by atoms with van der Waals surface area (Å²) < 4.78 is 5.11. The van der Waals surface area contributed by atoms with Gasteiger partial charge in [0, 0.05) is 6.54 Å². The molecule has 0 spiro atoms. The molecule has 0 aliphatic heterocycles.